The molecule has 1 amide bonds. The highest BCUT2D eigenvalue weighted by atomic mass is 16.6. The summed E-state index contributed by atoms with van der Waals surface area (Å²) in [6, 6.07) is 3.44. The van der Waals surface area contributed by atoms with E-state index in [0.717, 1.165) is 25.8 Å². The fourth-order valence-electron chi connectivity index (χ4n) is 2.64. The molecule has 1 aromatic rings. The van der Waals surface area contributed by atoms with Crippen molar-refractivity contribution >= 4 is 6.09 Å². The molecule has 1 fully saturated rings. The van der Waals surface area contributed by atoms with Gasteiger partial charge in [0.15, 0.2) is 11.5 Å². The largest absolute Gasteiger partial charge is 0.493 e. The van der Waals surface area contributed by atoms with Crippen molar-refractivity contribution in [2.45, 2.75) is 32.2 Å². The molecule has 0 N–H and O–H groups in total. The standard InChI is InChI=1S/C16H23NO5/c1-11-7-5-6-8-17(11)16(18)22-12-9-13(19-2)15(21-4)14(10-12)20-3/h9-11H,5-8H2,1-4H3. The number of hydrogen-bond donors (Lipinski definition) is 0. The number of piperidine rings is 1. The monoisotopic (exact) mass is 309 g/mol. The number of carbonyl (C=O) groups excluding carboxylic acids is 1. The van der Waals surface area contributed by atoms with Gasteiger partial charge in [-0.05, 0) is 26.2 Å². The molecule has 22 heavy (non-hydrogen) atoms. The zero-order chi connectivity index (χ0) is 16.1. The second-order valence-electron chi connectivity index (χ2n) is 5.27. The molecule has 1 atom stereocenters. The predicted molar refractivity (Wildman–Crippen MR) is 82.1 cm³/mol. The second kappa shape index (κ2) is 7.24. The zero-order valence-electron chi connectivity index (χ0n) is 13.5. The lowest BCUT2D eigenvalue weighted by Crippen LogP contribution is -2.43. The highest BCUT2D eigenvalue weighted by Gasteiger charge is 2.25. The average Bonchev–Trinajstić information content (AvgIpc) is 2.54. The third-order valence-corrected chi connectivity index (χ3v) is 3.88. The average molecular weight is 309 g/mol. The Labute approximate surface area is 130 Å². The Morgan fingerprint density at radius 1 is 1.09 bits per heavy atom. The van der Waals surface area contributed by atoms with Crippen LogP contribution in [0.4, 0.5) is 4.79 Å². The van der Waals surface area contributed by atoms with Crippen LogP contribution in [0.25, 0.3) is 0 Å². The minimum Gasteiger partial charge on any atom is -0.493 e. The molecule has 122 valence electrons. The van der Waals surface area contributed by atoms with Crippen LogP contribution in [0.15, 0.2) is 12.1 Å². The van der Waals surface area contributed by atoms with Gasteiger partial charge in [0.2, 0.25) is 5.75 Å². The lowest BCUT2D eigenvalue weighted by molar-refractivity contribution is 0.118. The number of nitrogens with zero attached hydrogens (tertiary/aromatic N) is 1. The first-order chi connectivity index (χ1) is 10.6. The van der Waals surface area contributed by atoms with E-state index in [-0.39, 0.29) is 12.1 Å². The van der Waals surface area contributed by atoms with Gasteiger partial charge >= 0.3 is 6.09 Å². The van der Waals surface area contributed by atoms with Gasteiger partial charge in [-0.25, -0.2) is 4.79 Å². The lowest BCUT2D eigenvalue weighted by Gasteiger charge is -2.32. The number of likely N-dealkylation sites (tertiary alicyclic amines) is 1. The van der Waals surface area contributed by atoms with E-state index in [1.165, 1.54) is 21.3 Å². The van der Waals surface area contributed by atoms with Gasteiger partial charge in [-0.3, -0.25) is 0 Å². The summed E-state index contributed by atoms with van der Waals surface area (Å²) in [6.07, 6.45) is 2.82. The van der Waals surface area contributed by atoms with E-state index in [4.69, 9.17) is 18.9 Å². The summed E-state index contributed by atoms with van der Waals surface area (Å²) in [7, 11) is 4.58. The Kier molecular flexibility index (Phi) is 5.35. The maximum atomic E-state index is 12.3. The van der Waals surface area contributed by atoms with Gasteiger partial charge in [-0.1, -0.05) is 0 Å². The van der Waals surface area contributed by atoms with Crippen LogP contribution in [0.5, 0.6) is 23.0 Å². The van der Waals surface area contributed by atoms with Crippen molar-refractivity contribution in [2.75, 3.05) is 27.9 Å². The summed E-state index contributed by atoms with van der Waals surface area (Å²) in [5.74, 6) is 1.75. The van der Waals surface area contributed by atoms with E-state index in [9.17, 15) is 4.79 Å². The van der Waals surface area contributed by atoms with E-state index < -0.39 is 0 Å². The SMILES string of the molecule is COc1cc(OC(=O)N2CCCCC2C)cc(OC)c1OC. The molecule has 0 spiro atoms. The normalized spacial score (nSPS) is 17.8. The van der Waals surface area contributed by atoms with E-state index in [0.29, 0.717) is 23.0 Å². The maximum Gasteiger partial charge on any atom is 0.415 e. The summed E-state index contributed by atoms with van der Waals surface area (Å²) < 4.78 is 21.2. The molecule has 6 heteroatoms. The molecule has 1 unspecified atom stereocenters. The first kappa shape index (κ1) is 16.3. The van der Waals surface area contributed by atoms with Crippen LogP contribution in [0.2, 0.25) is 0 Å². The Bertz CT molecular complexity index is 506. The highest BCUT2D eigenvalue weighted by Crippen LogP contribution is 2.41. The molecule has 1 aromatic carbocycles. The first-order valence-electron chi connectivity index (χ1n) is 7.39. The van der Waals surface area contributed by atoms with Crippen molar-refractivity contribution < 1.29 is 23.7 Å². The second-order valence-corrected chi connectivity index (χ2v) is 5.27. The smallest absolute Gasteiger partial charge is 0.415 e. The van der Waals surface area contributed by atoms with Gasteiger partial charge in [0.05, 0.1) is 21.3 Å². The number of benzene rings is 1. The zero-order valence-corrected chi connectivity index (χ0v) is 13.5. The molecule has 0 bridgehead atoms. The molecular formula is C16H23NO5. The predicted octanol–water partition coefficient (Wildman–Crippen LogP) is 3.09. The quantitative estimate of drug-likeness (QED) is 0.855. The van der Waals surface area contributed by atoms with E-state index in [2.05, 4.69) is 0 Å². The fourth-order valence-corrected chi connectivity index (χ4v) is 2.64. The molecule has 1 heterocycles. The van der Waals surface area contributed by atoms with Gasteiger partial charge in [0, 0.05) is 24.7 Å². The van der Waals surface area contributed by atoms with Crippen LogP contribution in [0, 0.1) is 0 Å². The summed E-state index contributed by atoms with van der Waals surface area (Å²) >= 11 is 0. The van der Waals surface area contributed by atoms with Crippen molar-refractivity contribution in [1.29, 1.82) is 0 Å². The summed E-state index contributed by atoms with van der Waals surface area (Å²) in [6.45, 7) is 2.76. The lowest BCUT2D eigenvalue weighted by atomic mass is 10.0. The minimum absolute atomic E-state index is 0.197. The molecular weight excluding hydrogens is 286 g/mol. The Morgan fingerprint density at radius 3 is 2.23 bits per heavy atom. The molecule has 0 saturated carbocycles. The van der Waals surface area contributed by atoms with E-state index >= 15 is 0 Å². The number of hydrogen-bond acceptors (Lipinski definition) is 5. The van der Waals surface area contributed by atoms with Crippen LogP contribution in [-0.2, 0) is 0 Å². The molecule has 6 nitrogen and oxygen atoms in total. The number of rotatable bonds is 4. The Balaban J connectivity index is 2.20. The molecule has 0 aromatic heterocycles. The molecule has 0 aliphatic carbocycles. The summed E-state index contributed by atoms with van der Waals surface area (Å²) in [4.78, 5) is 14.1. The first-order valence-corrected chi connectivity index (χ1v) is 7.39. The van der Waals surface area contributed by atoms with Gasteiger partial charge in [-0.15, -0.1) is 0 Å². The van der Waals surface area contributed by atoms with E-state index in [1.54, 1.807) is 17.0 Å². The van der Waals surface area contributed by atoms with Crippen LogP contribution < -0.4 is 18.9 Å². The number of ether oxygens (including phenoxy) is 4. The van der Waals surface area contributed by atoms with Crippen molar-refractivity contribution in [3.8, 4) is 23.0 Å². The minimum atomic E-state index is -0.346. The summed E-state index contributed by atoms with van der Waals surface area (Å²) in [5.41, 5.74) is 0. The number of amides is 1. The fraction of sp³-hybridized carbons (Fsp3) is 0.562. The van der Waals surface area contributed by atoms with Crippen LogP contribution in [0.3, 0.4) is 0 Å². The Hall–Kier alpha value is -2.11. The third kappa shape index (κ3) is 3.37. The molecule has 0 radical (unpaired) electrons. The molecule has 2 rings (SSSR count). The van der Waals surface area contributed by atoms with Crippen LogP contribution >= 0.6 is 0 Å². The van der Waals surface area contributed by atoms with E-state index in [1.807, 2.05) is 6.92 Å². The molecule has 1 aliphatic heterocycles. The maximum absolute atomic E-state index is 12.3. The van der Waals surface area contributed by atoms with Crippen molar-refractivity contribution in [3.63, 3.8) is 0 Å². The van der Waals surface area contributed by atoms with Crippen molar-refractivity contribution in [2.24, 2.45) is 0 Å². The molecule has 1 saturated heterocycles. The number of methoxy groups -OCH3 is 3. The van der Waals surface area contributed by atoms with Gasteiger partial charge in [-0.2, -0.15) is 0 Å². The Morgan fingerprint density at radius 2 is 1.73 bits per heavy atom. The van der Waals surface area contributed by atoms with Crippen LogP contribution in [-0.4, -0.2) is 44.9 Å². The van der Waals surface area contributed by atoms with Gasteiger partial charge < -0.3 is 23.8 Å². The number of carbonyl (C=O) groups is 1. The van der Waals surface area contributed by atoms with Gasteiger partial charge in [0.25, 0.3) is 0 Å². The van der Waals surface area contributed by atoms with Crippen molar-refractivity contribution in [1.82, 2.24) is 4.90 Å². The van der Waals surface area contributed by atoms with Crippen LogP contribution in [0.1, 0.15) is 26.2 Å². The molecule has 1 aliphatic rings. The topological polar surface area (TPSA) is 57.2 Å². The van der Waals surface area contributed by atoms with Gasteiger partial charge in [0.1, 0.15) is 5.75 Å². The summed E-state index contributed by atoms with van der Waals surface area (Å²) in [5, 5.41) is 0. The van der Waals surface area contributed by atoms with Crippen molar-refractivity contribution in [3.05, 3.63) is 12.1 Å². The highest BCUT2D eigenvalue weighted by molar-refractivity contribution is 5.72. The third-order valence-electron chi connectivity index (χ3n) is 3.88.